The quantitative estimate of drug-likeness (QED) is 0.493. The third-order valence-electron chi connectivity index (χ3n) is 3.96. The van der Waals surface area contributed by atoms with Crippen LogP contribution in [0.1, 0.15) is 5.69 Å². The molecular formula is C22H18N2O. The largest absolute Gasteiger partial charge is 0.457 e. The average molecular weight is 326 g/mol. The van der Waals surface area contributed by atoms with Gasteiger partial charge < -0.3 is 10.1 Å². The van der Waals surface area contributed by atoms with Crippen molar-refractivity contribution in [3.63, 3.8) is 0 Å². The minimum Gasteiger partial charge on any atom is -0.457 e. The third kappa shape index (κ3) is 3.45. The number of aromatic nitrogens is 1. The molecule has 0 saturated heterocycles. The number of hydrogen-bond acceptors (Lipinski definition) is 3. The van der Waals surface area contributed by atoms with Crippen molar-refractivity contribution in [1.82, 2.24) is 4.98 Å². The van der Waals surface area contributed by atoms with Gasteiger partial charge in [0, 0.05) is 22.5 Å². The molecule has 0 aliphatic rings. The summed E-state index contributed by atoms with van der Waals surface area (Å²) in [6.45, 7) is 2.01. The summed E-state index contributed by atoms with van der Waals surface area (Å²) in [5, 5.41) is 4.59. The number of ether oxygens (including phenoxy) is 1. The highest BCUT2D eigenvalue weighted by Gasteiger charge is 2.04. The van der Waals surface area contributed by atoms with Crippen molar-refractivity contribution in [2.24, 2.45) is 0 Å². The topological polar surface area (TPSA) is 34.1 Å². The number of para-hydroxylation sites is 2. The summed E-state index contributed by atoms with van der Waals surface area (Å²) in [6.07, 6.45) is 0. The lowest BCUT2D eigenvalue weighted by atomic mass is 10.1. The zero-order chi connectivity index (χ0) is 17.1. The Morgan fingerprint density at radius 1 is 0.760 bits per heavy atom. The van der Waals surface area contributed by atoms with E-state index in [1.165, 1.54) is 0 Å². The standard InChI is InChI=1S/C22H18N2O/c1-16-15-22(20-9-5-6-10-21(20)23-16)24-17-11-13-19(14-12-17)25-18-7-3-2-4-8-18/h2-15H,1H3,(H,23,24). The fourth-order valence-corrected chi connectivity index (χ4v) is 2.80. The molecule has 3 aromatic carbocycles. The van der Waals surface area contributed by atoms with Gasteiger partial charge >= 0.3 is 0 Å². The molecule has 25 heavy (non-hydrogen) atoms. The predicted molar refractivity (Wildman–Crippen MR) is 103 cm³/mol. The van der Waals surface area contributed by atoms with Crippen LogP contribution in [0.5, 0.6) is 11.5 Å². The minimum absolute atomic E-state index is 0.813. The Morgan fingerprint density at radius 3 is 2.24 bits per heavy atom. The highest BCUT2D eigenvalue weighted by Crippen LogP contribution is 2.28. The van der Waals surface area contributed by atoms with Crippen LogP contribution >= 0.6 is 0 Å². The third-order valence-corrected chi connectivity index (χ3v) is 3.96. The number of nitrogens with zero attached hydrogens (tertiary/aromatic N) is 1. The Labute approximate surface area is 146 Å². The van der Waals surface area contributed by atoms with Gasteiger partial charge in [-0.2, -0.15) is 0 Å². The fourth-order valence-electron chi connectivity index (χ4n) is 2.80. The summed E-state index contributed by atoms with van der Waals surface area (Å²) in [6, 6.07) is 28.0. The molecule has 3 heteroatoms. The van der Waals surface area contributed by atoms with E-state index in [1.54, 1.807) is 0 Å². The first-order chi connectivity index (χ1) is 12.3. The highest BCUT2D eigenvalue weighted by atomic mass is 16.5. The van der Waals surface area contributed by atoms with Crippen LogP contribution in [0.4, 0.5) is 11.4 Å². The lowest BCUT2D eigenvalue weighted by Crippen LogP contribution is -1.94. The van der Waals surface area contributed by atoms with E-state index in [2.05, 4.69) is 22.4 Å². The number of benzene rings is 3. The van der Waals surface area contributed by atoms with E-state index in [4.69, 9.17) is 4.74 Å². The van der Waals surface area contributed by atoms with Gasteiger partial charge in [0.2, 0.25) is 0 Å². The normalized spacial score (nSPS) is 10.6. The van der Waals surface area contributed by atoms with Crippen molar-refractivity contribution in [2.45, 2.75) is 6.92 Å². The smallest absolute Gasteiger partial charge is 0.127 e. The van der Waals surface area contributed by atoms with Crippen LogP contribution < -0.4 is 10.1 Å². The Kier molecular flexibility index (Phi) is 4.05. The molecule has 1 aromatic heterocycles. The first-order valence-corrected chi connectivity index (χ1v) is 8.24. The highest BCUT2D eigenvalue weighted by molar-refractivity contribution is 5.93. The summed E-state index contributed by atoms with van der Waals surface area (Å²) >= 11 is 0. The van der Waals surface area contributed by atoms with Crippen molar-refractivity contribution in [1.29, 1.82) is 0 Å². The number of fused-ring (bicyclic) bond motifs is 1. The Hall–Kier alpha value is -3.33. The van der Waals surface area contributed by atoms with Gasteiger partial charge in [0.15, 0.2) is 0 Å². The molecule has 0 radical (unpaired) electrons. The number of anilines is 2. The van der Waals surface area contributed by atoms with Crippen LogP contribution in [0.25, 0.3) is 10.9 Å². The molecule has 0 amide bonds. The van der Waals surface area contributed by atoms with Crippen molar-refractivity contribution >= 4 is 22.3 Å². The maximum Gasteiger partial charge on any atom is 0.127 e. The van der Waals surface area contributed by atoms with Gasteiger partial charge in [-0.1, -0.05) is 36.4 Å². The Bertz CT molecular complexity index is 995. The van der Waals surface area contributed by atoms with E-state index in [0.717, 1.165) is 39.5 Å². The monoisotopic (exact) mass is 326 g/mol. The molecule has 0 aliphatic heterocycles. The Balaban J connectivity index is 1.58. The zero-order valence-corrected chi connectivity index (χ0v) is 13.9. The van der Waals surface area contributed by atoms with Gasteiger partial charge in [0.05, 0.1) is 5.52 Å². The minimum atomic E-state index is 0.813. The molecule has 0 saturated carbocycles. The van der Waals surface area contributed by atoms with E-state index in [0.29, 0.717) is 0 Å². The van der Waals surface area contributed by atoms with Gasteiger partial charge in [0.25, 0.3) is 0 Å². The fraction of sp³-hybridized carbons (Fsp3) is 0.0455. The van der Waals surface area contributed by atoms with Gasteiger partial charge in [0.1, 0.15) is 11.5 Å². The lowest BCUT2D eigenvalue weighted by molar-refractivity contribution is 0.483. The second-order valence-electron chi connectivity index (χ2n) is 5.89. The van der Waals surface area contributed by atoms with Crippen LogP contribution in [0.15, 0.2) is 84.9 Å². The molecule has 0 bridgehead atoms. The number of aryl methyl sites for hydroxylation is 1. The SMILES string of the molecule is Cc1cc(Nc2ccc(Oc3ccccc3)cc2)c2ccccc2n1. The average Bonchev–Trinajstić information content (AvgIpc) is 2.64. The van der Waals surface area contributed by atoms with Gasteiger partial charge in [-0.3, -0.25) is 4.98 Å². The summed E-state index contributed by atoms with van der Waals surface area (Å²) in [4.78, 5) is 4.58. The summed E-state index contributed by atoms with van der Waals surface area (Å²) in [5.74, 6) is 1.64. The molecule has 0 fully saturated rings. The molecule has 3 nitrogen and oxygen atoms in total. The van der Waals surface area contributed by atoms with Crippen LogP contribution in [-0.4, -0.2) is 4.98 Å². The molecule has 1 N–H and O–H groups in total. The second-order valence-corrected chi connectivity index (χ2v) is 5.89. The number of pyridine rings is 1. The van der Waals surface area contributed by atoms with Crippen LogP contribution in [0.2, 0.25) is 0 Å². The molecular weight excluding hydrogens is 308 g/mol. The molecule has 0 spiro atoms. The van der Waals surface area contributed by atoms with Crippen molar-refractivity contribution in [3.05, 3.63) is 90.6 Å². The molecule has 0 unspecified atom stereocenters. The van der Waals surface area contributed by atoms with Gasteiger partial charge in [-0.15, -0.1) is 0 Å². The number of hydrogen-bond donors (Lipinski definition) is 1. The molecule has 0 atom stereocenters. The van der Waals surface area contributed by atoms with Crippen LogP contribution in [0, 0.1) is 6.92 Å². The number of nitrogens with one attached hydrogen (secondary N) is 1. The molecule has 1 heterocycles. The molecule has 122 valence electrons. The van der Waals surface area contributed by atoms with Gasteiger partial charge in [-0.05, 0) is 55.5 Å². The van der Waals surface area contributed by atoms with E-state index < -0.39 is 0 Å². The van der Waals surface area contributed by atoms with E-state index >= 15 is 0 Å². The molecule has 4 aromatic rings. The molecule has 4 rings (SSSR count). The summed E-state index contributed by atoms with van der Waals surface area (Å²) < 4.78 is 5.84. The number of rotatable bonds is 4. The first kappa shape index (κ1) is 15.2. The van der Waals surface area contributed by atoms with E-state index in [1.807, 2.05) is 79.7 Å². The van der Waals surface area contributed by atoms with E-state index in [9.17, 15) is 0 Å². The van der Waals surface area contributed by atoms with Gasteiger partial charge in [-0.25, -0.2) is 0 Å². The van der Waals surface area contributed by atoms with Crippen LogP contribution in [0.3, 0.4) is 0 Å². The van der Waals surface area contributed by atoms with Crippen molar-refractivity contribution in [3.8, 4) is 11.5 Å². The predicted octanol–water partition coefficient (Wildman–Crippen LogP) is 6.08. The first-order valence-electron chi connectivity index (χ1n) is 8.24. The van der Waals surface area contributed by atoms with Crippen LogP contribution in [-0.2, 0) is 0 Å². The van der Waals surface area contributed by atoms with Crippen molar-refractivity contribution in [2.75, 3.05) is 5.32 Å². The van der Waals surface area contributed by atoms with Crippen molar-refractivity contribution < 1.29 is 4.74 Å². The maximum absolute atomic E-state index is 5.84. The lowest BCUT2D eigenvalue weighted by Gasteiger charge is -2.12. The Morgan fingerprint density at radius 2 is 1.44 bits per heavy atom. The summed E-state index contributed by atoms with van der Waals surface area (Å²) in [7, 11) is 0. The maximum atomic E-state index is 5.84. The molecule has 0 aliphatic carbocycles. The summed E-state index contributed by atoms with van der Waals surface area (Å²) in [5.41, 5.74) is 4.05. The van der Waals surface area contributed by atoms with E-state index in [-0.39, 0.29) is 0 Å². The zero-order valence-electron chi connectivity index (χ0n) is 13.9. The second kappa shape index (κ2) is 6.65.